The number of hydrogen-bond acceptors (Lipinski definition) is 5. The predicted octanol–water partition coefficient (Wildman–Crippen LogP) is 1.84. The van der Waals surface area contributed by atoms with E-state index in [1.807, 2.05) is 0 Å². The Kier molecular flexibility index (Phi) is 5.73. The molecular weight excluding hydrogens is 252 g/mol. The highest BCUT2D eigenvalue weighted by Crippen LogP contribution is 2.29. The third-order valence-corrected chi connectivity index (χ3v) is 3.38. The van der Waals surface area contributed by atoms with Crippen molar-refractivity contribution in [2.75, 3.05) is 31.7 Å². The lowest BCUT2D eigenvalue weighted by molar-refractivity contribution is 0.204. The van der Waals surface area contributed by atoms with Gasteiger partial charge in [-0.1, -0.05) is 13.8 Å². The molecule has 0 atom stereocenters. The molecule has 1 saturated carbocycles. The quantitative estimate of drug-likeness (QED) is 0.747. The number of hydrogen-bond donors (Lipinski definition) is 1. The summed E-state index contributed by atoms with van der Waals surface area (Å²) in [5.74, 6) is 1.62. The smallest absolute Gasteiger partial charge is 0.151 e. The van der Waals surface area contributed by atoms with Crippen LogP contribution in [0.4, 0.5) is 5.82 Å². The van der Waals surface area contributed by atoms with Gasteiger partial charge in [-0.3, -0.25) is 0 Å². The lowest BCUT2D eigenvalue weighted by atomic mass is 10.2. The van der Waals surface area contributed by atoms with E-state index in [-0.39, 0.29) is 0 Å². The van der Waals surface area contributed by atoms with Crippen LogP contribution in [-0.2, 0) is 11.3 Å². The molecule has 5 nitrogen and oxygen atoms in total. The van der Waals surface area contributed by atoms with Gasteiger partial charge in [0, 0.05) is 26.2 Å². The number of nitrogens with one attached hydrogen (secondary N) is 1. The van der Waals surface area contributed by atoms with Crippen molar-refractivity contribution in [3.63, 3.8) is 0 Å². The van der Waals surface area contributed by atoms with Crippen LogP contribution in [0.15, 0.2) is 12.1 Å². The Balaban J connectivity index is 1.88. The average molecular weight is 278 g/mol. The summed E-state index contributed by atoms with van der Waals surface area (Å²) in [4.78, 5) is 2.31. The normalized spacial score (nSPS) is 14.8. The Hall–Kier alpha value is -1.20. The lowest BCUT2D eigenvalue weighted by Gasteiger charge is -2.22. The predicted molar refractivity (Wildman–Crippen MR) is 80.8 cm³/mol. The summed E-state index contributed by atoms with van der Waals surface area (Å²) in [6.45, 7) is 7.81. The molecule has 0 aromatic carbocycles. The molecule has 112 valence electrons. The molecule has 1 aliphatic rings. The Morgan fingerprint density at radius 1 is 1.35 bits per heavy atom. The van der Waals surface area contributed by atoms with E-state index in [0.29, 0.717) is 12.0 Å². The lowest BCUT2D eigenvalue weighted by Crippen LogP contribution is -2.30. The fourth-order valence-corrected chi connectivity index (χ4v) is 2.15. The van der Waals surface area contributed by atoms with Gasteiger partial charge in [0.2, 0.25) is 0 Å². The summed E-state index contributed by atoms with van der Waals surface area (Å²) < 4.78 is 5.17. The minimum atomic E-state index is 0.629. The fourth-order valence-electron chi connectivity index (χ4n) is 2.15. The maximum absolute atomic E-state index is 5.17. The van der Waals surface area contributed by atoms with Gasteiger partial charge >= 0.3 is 0 Å². The van der Waals surface area contributed by atoms with E-state index in [1.165, 1.54) is 12.8 Å². The second kappa shape index (κ2) is 7.55. The zero-order valence-electron chi connectivity index (χ0n) is 12.8. The van der Waals surface area contributed by atoms with Gasteiger partial charge in [0.1, 0.15) is 0 Å². The van der Waals surface area contributed by atoms with E-state index < -0.39 is 0 Å². The minimum Gasteiger partial charge on any atom is -0.383 e. The average Bonchev–Trinajstić information content (AvgIpc) is 3.25. The molecule has 5 heteroatoms. The first-order valence-corrected chi connectivity index (χ1v) is 7.49. The fraction of sp³-hybridized carbons (Fsp3) is 0.733. The van der Waals surface area contributed by atoms with Crippen molar-refractivity contribution >= 4 is 5.82 Å². The molecular formula is C15H26N4O. The molecule has 0 unspecified atom stereocenters. The largest absolute Gasteiger partial charge is 0.383 e. The standard InChI is InChI=1S/C15H26N4O/c1-12(2)10-16-11-13-4-7-15(18-17-13)19(8-9-20-3)14-5-6-14/h4,7,12,14,16H,5-6,8-11H2,1-3H3. The van der Waals surface area contributed by atoms with Gasteiger partial charge in [-0.15, -0.1) is 5.10 Å². The summed E-state index contributed by atoms with van der Waals surface area (Å²) in [6, 6.07) is 4.77. The first-order chi connectivity index (χ1) is 9.70. The number of nitrogens with zero attached hydrogens (tertiary/aromatic N) is 3. The minimum absolute atomic E-state index is 0.629. The van der Waals surface area contributed by atoms with E-state index in [1.54, 1.807) is 7.11 Å². The van der Waals surface area contributed by atoms with Crippen LogP contribution >= 0.6 is 0 Å². The highest BCUT2D eigenvalue weighted by atomic mass is 16.5. The Morgan fingerprint density at radius 2 is 2.15 bits per heavy atom. The van der Waals surface area contributed by atoms with Crippen LogP contribution in [-0.4, -0.2) is 43.0 Å². The van der Waals surface area contributed by atoms with Crippen molar-refractivity contribution in [1.82, 2.24) is 15.5 Å². The van der Waals surface area contributed by atoms with Gasteiger partial charge in [0.25, 0.3) is 0 Å². The van der Waals surface area contributed by atoms with Gasteiger partial charge in [-0.25, -0.2) is 0 Å². The van der Waals surface area contributed by atoms with E-state index >= 15 is 0 Å². The first kappa shape index (κ1) is 15.2. The van der Waals surface area contributed by atoms with Crippen molar-refractivity contribution in [3.05, 3.63) is 17.8 Å². The van der Waals surface area contributed by atoms with Gasteiger partial charge < -0.3 is 15.0 Å². The van der Waals surface area contributed by atoms with Crippen LogP contribution in [0.2, 0.25) is 0 Å². The monoisotopic (exact) mass is 278 g/mol. The molecule has 0 radical (unpaired) electrons. The number of ether oxygens (including phenoxy) is 1. The van der Waals surface area contributed by atoms with Crippen LogP contribution in [0.3, 0.4) is 0 Å². The molecule has 1 aliphatic carbocycles. The van der Waals surface area contributed by atoms with Crippen LogP contribution in [0.5, 0.6) is 0 Å². The number of methoxy groups -OCH3 is 1. The molecule has 0 bridgehead atoms. The SMILES string of the molecule is COCCN(c1ccc(CNCC(C)C)nn1)C1CC1. The first-order valence-electron chi connectivity index (χ1n) is 7.49. The van der Waals surface area contributed by atoms with Gasteiger partial charge in [-0.2, -0.15) is 5.10 Å². The number of anilines is 1. The Bertz CT molecular complexity index is 389. The zero-order chi connectivity index (χ0) is 14.4. The summed E-state index contributed by atoms with van der Waals surface area (Å²) in [6.07, 6.45) is 2.51. The topological polar surface area (TPSA) is 50.3 Å². The molecule has 0 saturated heterocycles. The van der Waals surface area contributed by atoms with Crippen LogP contribution < -0.4 is 10.2 Å². The van der Waals surface area contributed by atoms with E-state index in [9.17, 15) is 0 Å². The molecule has 1 N–H and O–H groups in total. The van der Waals surface area contributed by atoms with Crippen LogP contribution in [0, 0.1) is 5.92 Å². The highest BCUT2D eigenvalue weighted by molar-refractivity contribution is 5.40. The van der Waals surface area contributed by atoms with E-state index in [2.05, 4.69) is 46.4 Å². The van der Waals surface area contributed by atoms with Gasteiger partial charge in [0.15, 0.2) is 5.82 Å². The molecule has 2 rings (SSSR count). The zero-order valence-corrected chi connectivity index (χ0v) is 12.8. The maximum Gasteiger partial charge on any atom is 0.151 e. The van der Waals surface area contributed by atoms with Crippen molar-refractivity contribution in [1.29, 1.82) is 0 Å². The third-order valence-electron chi connectivity index (χ3n) is 3.38. The summed E-state index contributed by atoms with van der Waals surface area (Å²) >= 11 is 0. The summed E-state index contributed by atoms with van der Waals surface area (Å²) in [5, 5.41) is 12.1. The second-order valence-electron chi connectivity index (χ2n) is 5.82. The molecule has 1 heterocycles. The summed E-state index contributed by atoms with van der Waals surface area (Å²) in [5.41, 5.74) is 0.997. The Labute approximate surface area is 121 Å². The van der Waals surface area contributed by atoms with Gasteiger partial charge in [-0.05, 0) is 37.4 Å². The van der Waals surface area contributed by atoms with Crippen LogP contribution in [0.1, 0.15) is 32.4 Å². The van der Waals surface area contributed by atoms with Crippen molar-refractivity contribution in [2.24, 2.45) is 5.92 Å². The molecule has 1 aromatic rings. The van der Waals surface area contributed by atoms with Gasteiger partial charge in [0.05, 0.1) is 12.3 Å². The van der Waals surface area contributed by atoms with E-state index in [4.69, 9.17) is 4.74 Å². The van der Waals surface area contributed by atoms with E-state index in [0.717, 1.165) is 37.8 Å². The molecule has 0 spiro atoms. The van der Waals surface area contributed by atoms with Crippen molar-refractivity contribution < 1.29 is 4.74 Å². The summed E-state index contributed by atoms with van der Waals surface area (Å²) in [7, 11) is 1.74. The molecule has 1 aromatic heterocycles. The number of aromatic nitrogens is 2. The molecule has 0 aliphatic heterocycles. The van der Waals surface area contributed by atoms with Crippen molar-refractivity contribution in [3.8, 4) is 0 Å². The molecule has 20 heavy (non-hydrogen) atoms. The Morgan fingerprint density at radius 3 is 2.70 bits per heavy atom. The van der Waals surface area contributed by atoms with Crippen molar-refractivity contribution in [2.45, 2.75) is 39.3 Å². The molecule has 0 amide bonds. The molecule has 1 fully saturated rings. The highest BCUT2D eigenvalue weighted by Gasteiger charge is 2.29. The second-order valence-corrected chi connectivity index (χ2v) is 5.82. The number of rotatable bonds is 9. The van der Waals surface area contributed by atoms with Crippen LogP contribution in [0.25, 0.3) is 0 Å². The third kappa shape index (κ3) is 4.72. The maximum atomic E-state index is 5.17.